The minimum atomic E-state index is -0.532. The zero-order valence-electron chi connectivity index (χ0n) is 24.0. The number of hydrazine groups is 1. The molecule has 5 rings (SSSR count). The van der Waals surface area contributed by atoms with Crippen LogP contribution in [0.4, 0.5) is 0 Å². The van der Waals surface area contributed by atoms with E-state index in [-0.39, 0.29) is 30.2 Å². The summed E-state index contributed by atoms with van der Waals surface area (Å²) in [6, 6.07) is 7.39. The Morgan fingerprint density at radius 3 is 2.42 bits per heavy atom. The topological polar surface area (TPSA) is 138 Å². The number of nitrogens with one attached hydrogen (secondary N) is 2. The SMILES string of the molecule is CC[C@H](c1ccc(C(=O)NC/C(N)=N/NN)cc1)N1C(=O)C(C2=CC=C(C3CC3)CC2)=NC12CC(C)CC(C)C2. The summed E-state index contributed by atoms with van der Waals surface area (Å²) >= 11 is 0. The van der Waals surface area contributed by atoms with Crippen LogP contribution in [0.3, 0.4) is 0 Å². The highest BCUT2D eigenvalue weighted by molar-refractivity contribution is 6.46. The Hall–Kier alpha value is -3.46. The third-order valence-corrected chi connectivity index (χ3v) is 8.83. The lowest BCUT2D eigenvalue weighted by Crippen LogP contribution is -2.52. The van der Waals surface area contributed by atoms with E-state index in [1.54, 1.807) is 12.1 Å². The molecule has 0 aromatic heterocycles. The van der Waals surface area contributed by atoms with E-state index in [0.29, 0.717) is 23.1 Å². The molecule has 2 saturated carbocycles. The maximum Gasteiger partial charge on any atom is 0.274 e. The van der Waals surface area contributed by atoms with Crippen LogP contribution in [0.5, 0.6) is 0 Å². The Balaban J connectivity index is 1.42. The Labute approximate surface area is 237 Å². The summed E-state index contributed by atoms with van der Waals surface area (Å²) in [7, 11) is 0. The Kier molecular flexibility index (Phi) is 8.12. The number of hydrazone groups is 1. The lowest BCUT2D eigenvalue weighted by atomic mass is 9.75. The van der Waals surface area contributed by atoms with Gasteiger partial charge in [-0.15, -0.1) is 0 Å². The minimum absolute atomic E-state index is 0.0489. The van der Waals surface area contributed by atoms with E-state index in [2.05, 4.69) is 53.8 Å². The van der Waals surface area contributed by atoms with Gasteiger partial charge in [0, 0.05) is 5.56 Å². The van der Waals surface area contributed by atoms with Crippen molar-refractivity contribution < 1.29 is 9.59 Å². The first kappa shape index (κ1) is 28.1. The summed E-state index contributed by atoms with van der Waals surface area (Å²) in [4.78, 5) is 34.4. The molecule has 0 saturated heterocycles. The minimum Gasteiger partial charge on any atom is -0.384 e. The molecule has 1 aliphatic heterocycles. The van der Waals surface area contributed by atoms with Crippen molar-refractivity contribution in [1.29, 1.82) is 0 Å². The van der Waals surface area contributed by atoms with Gasteiger partial charge in [0.05, 0.1) is 12.6 Å². The quantitative estimate of drug-likeness (QED) is 0.160. The first-order valence-corrected chi connectivity index (χ1v) is 14.7. The predicted octanol–water partition coefficient (Wildman–Crippen LogP) is 4.10. The molecule has 3 atom stereocenters. The van der Waals surface area contributed by atoms with Crippen LogP contribution in [-0.2, 0) is 4.79 Å². The summed E-state index contributed by atoms with van der Waals surface area (Å²) in [6.07, 6.45) is 12.6. The molecule has 1 spiro atoms. The lowest BCUT2D eigenvalue weighted by molar-refractivity contribution is -0.134. The molecule has 214 valence electrons. The number of benzene rings is 1. The molecule has 40 heavy (non-hydrogen) atoms. The molecule has 6 N–H and O–H groups in total. The van der Waals surface area contributed by atoms with E-state index >= 15 is 0 Å². The second kappa shape index (κ2) is 11.6. The van der Waals surface area contributed by atoms with Crippen LogP contribution in [0.1, 0.15) is 94.1 Å². The van der Waals surface area contributed by atoms with Crippen molar-refractivity contribution >= 4 is 23.4 Å². The van der Waals surface area contributed by atoms with Crippen molar-refractivity contribution in [2.24, 2.45) is 39.4 Å². The highest BCUT2D eigenvalue weighted by Crippen LogP contribution is 2.49. The summed E-state index contributed by atoms with van der Waals surface area (Å²) in [5.41, 5.74) is 12.1. The molecule has 1 aromatic carbocycles. The van der Waals surface area contributed by atoms with Crippen LogP contribution < -0.4 is 22.4 Å². The second-order valence-corrected chi connectivity index (χ2v) is 12.1. The first-order chi connectivity index (χ1) is 19.2. The van der Waals surface area contributed by atoms with Crippen LogP contribution in [0.2, 0.25) is 0 Å². The van der Waals surface area contributed by atoms with Crippen LogP contribution in [0.25, 0.3) is 0 Å². The second-order valence-electron chi connectivity index (χ2n) is 12.1. The van der Waals surface area contributed by atoms with E-state index in [1.807, 2.05) is 12.1 Å². The van der Waals surface area contributed by atoms with E-state index < -0.39 is 5.66 Å². The van der Waals surface area contributed by atoms with Gasteiger partial charge >= 0.3 is 0 Å². The molecule has 9 nitrogen and oxygen atoms in total. The molecule has 1 heterocycles. The first-order valence-electron chi connectivity index (χ1n) is 14.7. The molecule has 2 unspecified atom stereocenters. The maximum atomic E-state index is 14.3. The molecule has 2 amide bonds. The van der Waals surface area contributed by atoms with E-state index in [1.165, 1.54) is 18.4 Å². The zero-order chi connectivity index (χ0) is 28.4. The smallest absolute Gasteiger partial charge is 0.274 e. The van der Waals surface area contributed by atoms with Gasteiger partial charge in [-0.1, -0.05) is 50.6 Å². The maximum absolute atomic E-state index is 14.3. The van der Waals surface area contributed by atoms with Crippen molar-refractivity contribution in [2.45, 2.75) is 83.8 Å². The van der Waals surface area contributed by atoms with Gasteiger partial charge in [-0.2, -0.15) is 5.10 Å². The average Bonchev–Trinajstić information content (AvgIpc) is 3.75. The van der Waals surface area contributed by atoms with Crippen molar-refractivity contribution in [1.82, 2.24) is 15.8 Å². The number of hydrogen-bond acceptors (Lipinski definition) is 6. The molecule has 9 heteroatoms. The van der Waals surface area contributed by atoms with Crippen molar-refractivity contribution in [2.75, 3.05) is 6.54 Å². The molecular formula is C31H43N7O2. The molecule has 0 radical (unpaired) electrons. The number of hydrogen-bond donors (Lipinski definition) is 4. The van der Waals surface area contributed by atoms with Gasteiger partial charge in [-0.3, -0.25) is 14.6 Å². The Morgan fingerprint density at radius 2 is 1.85 bits per heavy atom. The zero-order valence-corrected chi connectivity index (χ0v) is 24.0. The number of carbonyl (C=O) groups excluding carboxylic acids is 2. The van der Waals surface area contributed by atoms with Gasteiger partial charge in [0.25, 0.3) is 11.8 Å². The number of aliphatic imine (C=N–C) groups is 1. The predicted molar refractivity (Wildman–Crippen MR) is 158 cm³/mol. The summed E-state index contributed by atoms with van der Waals surface area (Å²) < 4.78 is 0. The normalized spacial score (nSPS) is 27.7. The largest absolute Gasteiger partial charge is 0.384 e. The molecule has 0 bridgehead atoms. The molecule has 1 aromatic rings. The molecular weight excluding hydrogens is 502 g/mol. The lowest BCUT2D eigenvalue weighted by Gasteiger charge is -2.47. The fourth-order valence-electron chi connectivity index (χ4n) is 7.06. The van der Waals surface area contributed by atoms with Crippen molar-refractivity contribution in [3.05, 3.63) is 58.7 Å². The monoisotopic (exact) mass is 545 g/mol. The van der Waals surface area contributed by atoms with Gasteiger partial charge in [0.15, 0.2) is 0 Å². The Morgan fingerprint density at radius 1 is 1.15 bits per heavy atom. The van der Waals surface area contributed by atoms with Gasteiger partial charge in [-0.05, 0) is 92.4 Å². The van der Waals surface area contributed by atoms with Crippen LogP contribution in [-0.4, -0.2) is 40.5 Å². The van der Waals surface area contributed by atoms with E-state index in [0.717, 1.165) is 55.6 Å². The van der Waals surface area contributed by atoms with Gasteiger partial charge < -0.3 is 16.0 Å². The van der Waals surface area contributed by atoms with Crippen LogP contribution in [0, 0.1) is 17.8 Å². The van der Waals surface area contributed by atoms with E-state index in [9.17, 15) is 9.59 Å². The van der Waals surface area contributed by atoms with Gasteiger partial charge in [-0.25, -0.2) is 11.4 Å². The van der Waals surface area contributed by atoms with Crippen LogP contribution >= 0.6 is 0 Å². The summed E-state index contributed by atoms with van der Waals surface area (Å²) in [5, 5.41) is 6.38. The van der Waals surface area contributed by atoms with Crippen molar-refractivity contribution in [3.63, 3.8) is 0 Å². The third kappa shape index (κ3) is 5.70. The van der Waals surface area contributed by atoms with Gasteiger partial charge in [0.2, 0.25) is 0 Å². The number of nitrogens with zero attached hydrogens (tertiary/aromatic N) is 3. The number of rotatable bonds is 9. The standard InChI is InChI=1S/C31H43N7O2/c1-4-26(23-9-13-25(14-10-23)29(39)34-18-27(32)36-37-33)38-30(40)28(24-11-7-22(8-12-24)21-5-6-21)35-31(38)16-19(2)15-20(3)17-31/h7,9-11,13-14,19-21,26,37H,4-6,8,12,15-18,33H2,1-3H3,(H2,32,36)(H,34,39)/t19?,20?,26-,31?/m1/s1. The number of carbonyl (C=O) groups is 2. The highest BCUT2D eigenvalue weighted by atomic mass is 16.2. The highest BCUT2D eigenvalue weighted by Gasteiger charge is 2.53. The Bertz CT molecular complexity index is 1250. The van der Waals surface area contributed by atoms with E-state index in [4.69, 9.17) is 16.6 Å². The summed E-state index contributed by atoms with van der Waals surface area (Å²) in [5.74, 6) is 6.82. The number of amides is 2. The van der Waals surface area contributed by atoms with Crippen molar-refractivity contribution in [3.8, 4) is 0 Å². The fourth-order valence-corrected chi connectivity index (χ4v) is 7.06. The summed E-state index contributed by atoms with van der Waals surface area (Å²) in [6.45, 7) is 6.77. The fraction of sp³-hybridized carbons (Fsp3) is 0.548. The average molecular weight is 546 g/mol. The number of nitrogens with two attached hydrogens (primary N) is 2. The molecule has 4 aliphatic rings. The number of allylic oxidation sites excluding steroid dienone is 3. The van der Waals surface area contributed by atoms with Crippen LogP contribution in [0.15, 0.2) is 57.7 Å². The number of amidine groups is 1. The third-order valence-electron chi connectivity index (χ3n) is 8.83. The molecule has 3 aliphatic carbocycles. The molecule has 2 fully saturated rings. The van der Waals surface area contributed by atoms with Gasteiger partial charge in [0.1, 0.15) is 17.2 Å².